The summed E-state index contributed by atoms with van der Waals surface area (Å²) in [5, 5.41) is 0. The van der Waals surface area contributed by atoms with E-state index in [4.69, 9.17) is 18.9 Å². The summed E-state index contributed by atoms with van der Waals surface area (Å²) in [6.07, 6.45) is 8.22. The van der Waals surface area contributed by atoms with Crippen LogP contribution in [0.5, 0.6) is 5.75 Å². The minimum atomic E-state index is -0.517. The third kappa shape index (κ3) is 8.41. The quantitative estimate of drug-likeness (QED) is 0.0924. The van der Waals surface area contributed by atoms with Crippen molar-refractivity contribution >= 4 is 23.5 Å². The Kier molecular flexibility index (Phi) is 12.5. The standard InChI is InChI=1S/C34H40O8/c1-23-17-12-13-18-25(23)34(38)42-28-21-15-14-20-27(28)33(37)41-22-16-10-8-6-5-7-9-11-19-26-24(2)29(35)31(39-3)32(40-4)30(26)36/h12-15,17-18,20-21H,5-11,16,19,22H2,1-4H3. The van der Waals surface area contributed by atoms with E-state index >= 15 is 0 Å². The molecule has 2 aromatic rings. The summed E-state index contributed by atoms with van der Waals surface area (Å²) in [5.74, 6) is -1.45. The van der Waals surface area contributed by atoms with Crippen LogP contribution >= 0.6 is 0 Å². The number of rotatable bonds is 16. The predicted molar refractivity (Wildman–Crippen MR) is 158 cm³/mol. The van der Waals surface area contributed by atoms with Crippen molar-refractivity contribution in [2.24, 2.45) is 0 Å². The molecule has 0 aromatic heterocycles. The fraction of sp³-hybridized carbons (Fsp3) is 0.412. The number of aryl methyl sites for hydroxylation is 1. The molecule has 8 heteroatoms. The van der Waals surface area contributed by atoms with Gasteiger partial charge in [-0.1, -0.05) is 68.9 Å². The van der Waals surface area contributed by atoms with E-state index in [-0.39, 0.29) is 34.4 Å². The molecule has 224 valence electrons. The number of hydrogen-bond acceptors (Lipinski definition) is 8. The van der Waals surface area contributed by atoms with E-state index in [1.165, 1.54) is 14.2 Å². The zero-order valence-corrected chi connectivity index (χ0v) is 25.0. The van der Waals surface area contributed by atoms with Gasteiger partial charge in [-0.2, -0.15) is 0 Å². The van der Waals surface area contributed by atoms with Crippen LogP contribution in [0.25, 0.3) is 0 Å². The van der Waals surface area contributed by atoms with Crippen LogP contribution in [-0.4, -0.2) is 44.3 Å². The first-order valence-corrected chi connectivity index (χ1v) is 14.5. The number of ketones is 2. The lowest BCUT2D eigenvalue weighted by Gasteiger charge is -2.20. The van der Waals surface area contributed by atoms with Crippen molar-refractivity contribution in [3.8, 4) is 5.75 Å². The second-order valence-corrected chi connectivity index (χ2v) is 10.2. The molecule has 1 aliphatic rings. The normalized spacial score (nSPS) is 13.3. The molecule has 3 rings (SSSR count). The number of ether oxygens (including phenoxy) is 4. The molecule has 0 N–H and O–H groups in total. The summed E-state index contributed by atoms with van der Waals surface area (Å²) in [6.45, 7) is 3.79. The van der Waals surface area contributed by atoms with E-state index in [0.29, 0.717) is 29.7 Å². The molecule has 0 radical (unpaired) electrons. The fourth-order valence-corrected chi connectivity index (χ4v) is 4.88. The van der Waals surface area contributed by atoms with Crippen molar-refractivity contribution in [2.45, 2.75) is 71.6 Å². The largest absolute Gasteiger partial charge is 0.489 e. The third-order valence-electron chi connectivity index (χ3n) is 7.32. The number of hydrogen-bond donors (Lipinski definition) is 0. The highest BCUT2D eigenvalue weighted by atomic mass is 16.5. The Morgan fingerprint density at radius 2 is 1.19 bits per heavy atom. The Bertz CT molecular complexity index is 1350. The van der Waals surface area contributed by atoms with E-state index in [9.17, 15) is 19.2 Å². The van der Waals surface area contributed by atoms with Gasteiger partial charge in [-0.05, 0) is 56.9 Å². The Labute approximate surface area is 247 Å². The first kappa shape index (κ1) is 32.3. The highest BCUT2D eigenvalue weighted by Crippen LogP contribution is 2.29. The minimum Gasteiger partial charge on any atom is -0.489 e. The first-order chi connectivity index (χ1) is 20.3. The van der Waals surface area contributed by atoms with Gasteiger partial charge in [0.25, 0.3) is 0 Å². The molecule has 1 aliphatic carbocycles. The highest BCUT2D eigenvalue weighted by Gasteiger charge is 2.34. The lowest BCUT2D eigenvalue weighted by atomic mass is 9.89. The Hall–Kier alpha value is -4.20. The zero-order chi connectivity index (χ0) is 30.5. The zero-order valence-electron chi connectivity index (χ0n) is 25.0. The second-order valence-electron chi connectivity index (χ2n) is 10.2. The monoisotopic (exact) mass is 576 g/mol. The van der Waals surface area contributed by atoms with E-state index in [1.54, 1.807) is 43.3 Å². The average molecular weight is 577 g/mol. The number of unbranched alkanes of at least 4 members (excludes halogenated alkanes) is 7. The molecule has 0 fully saturated rings. The number of carbonyl (C=O) groups excluding carboxylic acids is 4. The van der Waals surface area contributed by atoms with Gasteiger partial charge in [-0.15, -0.1) is 0 Å². The van der Waals surface area contributed by atoms with Gasteiger partial charge in [-0.25, -0.2) is 9.59 Å². The van der Waals surface area contributed by atoms with Gasteiger partial charge in [-0.3, -0.25) is 9.59 Å². The molecule has 0 bridgehead atoms. The van der Waals surface area contributed by atoms with E-state index < -0.39 is 11.9 Å². The van der Waals surface area contributed by atoms with Crippen molar-refractivity contribution in [2.75, 3.05) is 20.8 Å². The molecule has 8 nitrogen and oxygen atoms in total. The molecule has 0 saturated carbocycles. The van der Waals surface area contributed by atoms with Gasteiger partial charge < -0.3 is 18.9 Å². The molecule has 0 atom stereocenters. The second kappa shape index (κ2) is 16.3. The molecule has 0 heterocycles. The molecule has 42 heavy (non-hydrogen) atoms. The van der Waals surface area contributed by atoms with Crippen LogP contribution in [0.2, 0.25) is 0 Å². The topological polar surface area (TPSA) is 105 Å². The van der Waals surface area contributed by atoms with Gasteiger partial charge in [0.05, 0.1) is 26.4 Å². The van der Waals surface area contributed by atoms with Crippen molar-refractivity contribution in [1.82, 2.24) is 0 Å². The Morgan fingerprint density at radius 3 is 1.83 bits per heavy atom. The maximum atomic E-state index is 12.7. The van der Waals surface area contributed by atoms with Crippen molar-refractivity contribution < 1.29 is 38.1 Å². The number of benzene rings is 2. The molecule has 0 amide bonds. The summed E-state index contributed by atoms with van der Waals surface area (Å²) in [4.78, 5) is 50.4. The summed E-state index contributed by atoms with van der Waals surface area (Å²) in [6, 6.07) is 13.7. The summed E-state index contributed by atoms with van der Waals surface area (Å²) in [7, 11) is 2.73. The molecule has 0 saturated heterocycles. The average Bonchev–Trinajstić information content (AvgIpc) is 2.99. The van der Waals surface area contributed by atoms with Crippen LogP contribution in [-0.2, 0) is 23.8 Å². The van der Waals surface area contributed by atoms with Crippen molar-refractivity contribution in [3.63, 3.8) is 0 Å². The lowest BCUT2D eigenvalue weighted by Crippen LogP contribution is -2.25. The minimum absolute atomic E-state index is 0.0143. The number of carbonyl (C=O) groups is 4. The Balaban J connectivity index is 1.30. The van der Waals surface area contributed by atoms with Crippen LogP contribution < -0.4 is 4.74 Å². The molecule has 0 unspecified atom stereocenters. The van der Waals surface area contributed by atoms with Crippen molar-refractivity contribution in [1.29, 1.82) is 0 Å². The van der Waals surface area contributed by atoms with Crippen LogP contribution in [0.4, 0.5) is 0 Å². The lowest BCUT2D eigenvalue weighted by molar-refractivity contribution is -0.121. The predicted octanol–water partition coefficient (Wildman–Crippen LogP) is 6.85. The smallest absolute Gasteiger partial charge is 0.343 e. The molecule has 2 aromatic carbocycles. The molecule has 0 aliphatic heterocycles. The van der Waals surface area contributed by atoms with Gasteiger partial charge >= 0.3 is 11.9 Å². The van der Waals surface area contributed by atoms with Crippen LogP contribution in [0.15, 0.2) is 71.2 Å². The van der Waals surface area contributed by atoms with Gasteiger partial charge in [0.15, 0.2) is 0 Å². The summed E-state index contributed by atoms with van der Waals surface area (Å²) < 4.78 is 21.2. The van der Waals surface area contributed by atoms with E-state index in [1.807, 2.05) is 19.1 Å². The SMILES string of the molecule is COC1=C(OC)C(=O)C(CCCCCCCCCCOC(=O)c2ccccc2OC(=O)c2ccccc2C)=C(C)C1=O. The van der Waals surface area contributed by atoms with Gasteiger partial charge in [0.2, 0.25) is 23.1 Å². The fourth-order valence-electron chi connectivity index (χ4n) is 4.88. The maximum Gasteiger partial charge on any atom is 0.343 e. The van der Waals surface area contributed by atoms with Gasteiger partial charge in [0, 0.05) is 11.1 Å². The van der Waals surface area contributed by atoms with Crippen LogP contribution in [0.1, 0.15) is 91.0 Å². The van der Waals surface area contributed by atoms with Crippen LogP contribution in [0.3, 0.4) is 0 Å². The summed E-state index contributed by atoms with van der Waals surface area (Å²) >= 11 is 0. The van der Waals surface area contributed by atoms with Crippen molar-refractivity contribution in [3.05, 3.63) is 87.9 Å². The summed E-state index contributed by atoms with van der Waals surface area (Å²) in [5.41, 5.74) is 2.41. The molecular formula is C34H40O8. The molecular weight excluding hydrogens is 536 g/mol. The number of Topliss-reactive ketones (excluding diaryl/α,β-unsaturated/α-hetero) is 2. The van der Waals surface area contributed by atoms with Gasteiger partial charge in [0.1, 0.15) is 11.3 Å². The molecule has 0 spiro atoms. The maximum absolute atomic E-state index is 12.7. The third-order valence-corrected chi connectivity index (χ3v) is 7.32. The number of allylic oxidation sites excluding steroid dienone is 2. The first-order valence-electron chi connectivity index (χ1n) is 14.5. The van der Waals surface area contributed by atoms with E-state index in [2.05, 4.69) is 0 Å². The Morgan fingerprint density at radius 1 is 0.643 bits per heavy atom. The highest BCUT2D eigenvalue weighted by molar-refractivity contribution is 6.23. The van der Waals surface area contributed by atoms with Crippen LogP contribution in [0, 0.1) is 6.92 Å². The van der Waals surface area contributed by atoms with E-state index in [0.717, 1.165) is 56.9 Å². The number of methoxy groups -OCH3 is 2. The number of para-hydroxylation sites is 1. The number of esters is 2.